The first kappa shape index (κ1) is 14.5. The Morgan fingerprint density at radius 1 is 1.26 bits per heavy atom. The molecule has 1 aromatic heterocycles. The minimum Gasteiger partial charge on any atom is -0.339 e. The number of nitrogens with two attached hydrogens (primary N) is 1. The highest BCUT2D eigenvalue weighted by atomic mass is 16.5. The van der Waals surface area contributed by atoms with Crippen molar-refractivity contribution in [3.8, 4) is 0 Å². The van der Waals surface area contributed by atoms with Gasteiger partial charge in [-0.2, -0.15) is 4.98 Å². The Kier molecular flexibility index (Phi) is 3.74. The van der Waals surface area contributed by atoms with Crippen molar-refractivity contribution in [2.45, 2.75) is 71.3 Å². The molecule has 1 fully saturated rings. The predicted octanol–water partition coefficient (Wildman–Crippen LogP) is 3.37. The molecule has 1 aliphatic rings. The fourth-order valence-corrected chi connectivity index (χ4v) is 2.78. The first-order chi connectivity index (χ1) is 8.72. The highest BCUT2D eigenvalue weighted by molar-refractivity contribution is 5.08. The molecule has 0 atom stereocenters. The third kappa shape index (κ3) is 2.99. The van der Waals surface area contributed by atoms with Crippen LogP contribution in [0.5, 0.6) is 0 Å². The molecule has 19 heavy (non-hydrogen) atoms. The van der Waals surface area contributed by atoms with E-state index in [9.17, 15) is 0 Å². The maximum Gasteiger partial charge on any atom is 0.232 e. The van der Waals surface area contributed by atoms with Crippen LogP contribution >= 0.6 is 0 Å². The lowest BCUT2D eigenvalue weighted by molar-refractivity contribution is 0.185. The van der Waals surface area contributed by atoms with Gasteiger partial charge < -0.3 is 10.3 Å². The summed E-state index contributed by atoms with van der Waals surface area (Å²) < 4.78 is 5.38. The number of rotatable bonds is 2. The van der Waals surface area contributed by atoms with Gasteiger partial charge in [0.25, 0.3) is 0 Å². The first-order valence-electron chi connectivity index (χ1n) is 7.36. The summed E-state index contributed by atoms with van der Waals surface area (Å²) in [5, 5.41) is 4.14. The molecule has 1 heterocycles. The second-order valence-corrected chi connectivity index (χ2v) is 7.41. The van der Waals surface area contributed by atoms with Crippen molar-refractivity contribution in [3.05, 3.63) is 11.7 Å². The minimum absolute atomic E-state index is 0.114. The summed E-state index contributed by atoms with van der Waals surface area (Å²) in [6.07, 6.45) is 4.24. The van der Waals surface area contributed by atoms with E-state index in [0.717, 1.165) is 37.5 Å². The second kappa shape index (κ2) is 4.89. The zero-order valence-corrected chi connectivity index (χ0v) is 12.9. The number of nitrogens with zero attached hydrogens (tertiary/aromatic N) is 2. The lowest BCUT2D eigenvalue weighted by Gasteiger charge is -2.36. The Balaban J connectivity index is 2.12. The van der Waals surface area contributed by atoms with Crippen LogP contribution in [-0.2, 0) is 11.0 Å². The van der Waals surface area contributed by atoms with E-state index < -0.39 is 5.54 Å². The van der Waals surface area contributed by atoms with E-state index in [-0.39, 0.29) is 5.41 Å². The Labute approximate surface area is 116 Å². The maximum absolute atomic E-state index is 6.51. The number of hydrogen-bond donors (Lipinski definition) is 1. The lowest BCUT2D eigenvalue weighted by atomic mass is 9.73. The van der Waals surface area contributed by atoms with Gasteiger partial charge in [0.05, 0.1) is 5.54 Å². The number of aromatic nitrogens is 2. The topological polar surface area (TPSA) is 64.9 Å². The van der Waals surface area contributed by atoms with Crippen LogP contribution in [0.25, 0.3) is 0 Å². The van der Waals surface area contributed by atoms with E-state index in [1.807, 2.05) is 0 Å². The van der Waals surface area contributed by atoms with Gasteiger partial charge in [-0.25, -0.2) is 0 Å². The SMILES string of the molecule is CC(C)C1CCC(N)(c2noc(C(C)(C)C)n2)CC1. The summed E-state index contributed by atoms with van der Waals surface area (Å²) >= 11 is 0. The highest BCUT2D eigenvalue weighted by Gasteiger charge is 2.38. The maximum atomic E-state index is 6.51. The summed E-state index contributed by atoms with van der Waals surface area (Å²) in [7, 11) is 0. The van der Waals surface area contributed by atoms with E-state index in [2.05, 4.69) is 44.8 Å². The van der Waals surface area contributed by atoms with Gasteiger partial charge in [-0.15, -0.1) is 0 Å². The van der Waals surface area contributed by atoms with Crippen LogP contribution in [-0.4, -0.2) is 10.1 Å². The van der Waals surface area contributed by atoms with E-state index in [1.54, 1.807) is 0 Å². The van der Waals surface area contributed by atoms with E-state index >= 15 is 0 Å². The molecule has 2 N–H and O–H groups in total. The van der Waals surface area contributed by atoms with Crippen LogP contribution < -0.4 is 5.73 Å². The molecular formula is C15H27N3O. The van der Waals surface area contributed by atoms with E-state index in [1.165, 1.54) is 0 Å². The molecule has 0 amide bonds. The Morgan fingerprint density at radius 3 is 2.26 bits per heavy atom. The Morgan fingerprint density at radius 2 is 1.84 bits per heavy atom. The largest absolute Gasteiger partial charge is 0.339 e. The van der Waals surface area contributed by atoms with Gasteiger partial charge in [0.2, 0.25) is 5.89 Å². The van der Waals surface area contributed by atoms with Crippen molar-refractivity contribution in [2.24, 2.45) is 17.6 Å². The molecule has 1 aromatic rings. The van der Waals surface area contributed by atoms with Crippen molar-refractivity contribution in [1.82, 2.24) is 10.1 Å². The summed E-state index contributed by atoms with van der Waals surface area (Å²) in [6.45, 7) is 10.8. The van der Waals surface area contributed by atoms with Crippen molar-refractivity contribution in [2.75, 3.05) is 0 Å². The molecule has 0 aliphatic heterocycles. The van der Waals surface area contributed by atoms with E-state index in [0.29, 0.717) is 11.7 Å². The fourth-order valence-electron chi connectivity index (χ4n) is 2.78. The van der Waals surface area contributed by atoms with Gasteiger partial charge in [-0.3, -0.25) is 0 Å². The van der Waals surface area contributed by atoms with Crippen LogP contribution in [0.4, 0.5) is 0 Å². The third-order valence-corrected chi connectivity index (χ3v) is 4.38. The van der Waals surface area contributed by atoms with Crippen LogP contribution in [0, 0.1) is 11.8 Å². The minimum atomic E-state index is -0.390. The van der Waals surface area contributed by atoms with Gasteiger partial charge in [0.15, 0.2) is 5.82 Å². The van der Waals surface area contributed by atoms with Crippen molar-refractivity contribution < 1.29 is 4.52 Å². The van der Waals surface area contributed by atoms with Gasteiger partial charge in [0, 0.05) is 5.41 Å². The molecule has 0 radical (unpaired) electrons. The molecule has 2 rings (SSSR count). The predicted molar refractivity (Wildman–Crippen MR) is 75.7 cm³/mol. The Bertz CT molecular complexity index is 423. The first-order valence-corrected chi connectivity index (χ1v) is 7.36. The molecule has 0 bridgehead atoms. The summed E-state index contributed by atoms with van der Waals surface area (Å²) in [5.41, 5.74) is 6.01. The average Bonchev–Trinajstić information content (AvgIpc) is 2.79. The molecule has 0 saturated heterocycles. The van der Waals surface area contributed by atoms with Crippen molar-refractivity contribution in [1.29, 1.82) is 0 Å². The zero-order chi connectivity index (χ0) is 14.3. The van der Waals surface area contributed by atoms with Gasteiger partial charge in [0.1, 0.15) is 0 Å². The standard InChI is InChI=1S/C15H27N3O/c1-10(2)11-6-8-15(16,9-7-11)12-17-13(19-18-12)14(3,4)5/h10-11H,6-9,16H2,1-5H3. The number of hydrogen-bond acceptors (Lipinski definition) is 4. The van der Waals surface area contributed by atoms with Gasteiger partial charge >= 0.3 is 0 Å². The second-order valence-electron chi connectivity index (χ2n) is 7.41. The van der Waals surface area contributed by atoms with Gasteiger partial charge in [-0.1, -0.05) is 39.8 Å². The monoisotopic (exact) mass is 265 g/mol. The smallest absolute Gasteiger partial charge is 0.232 e. The lowest BCUT2D eigenvalue weighted by Crippen LogP contribution is -2.42. The summed E-state index contributed by atoms with van der Waals surface area (Å²) in [5.74, 6) is 2.89. The Hall–Kier alpha value is -0.900. The molecule has 1 aliphatic carbocycles. The normalized spacial score (nSPS) is 28.9. The molecular weight excluding hydrogens is 238 g/mol. The molecule has 4 heteroatoms. The highest BCUT2D eigenvalue weighted by Crippen LogP contribution is 2.39. The van der Waals surface area contributed by atoms with Gasteiger partial charge in [-0.05, 0) is 37.5 Å². The molecule has 0 spiro atoms. The van der Waals surface area contributed by atoms with Crippen molar-refractivity contribution in [3.63, 3.8) is 0 Å². The summed E-state index contributed by atoms with van der Waals surface area (Å²) in [4.78, 5) is 4.54. The van der Waals surface area contributed by atoms with Crippen LogP contribution in [0.15, 0.2) is 4.52 Å². The van der Waals surface area contributed by atoms with Crippen molar-refractivity contribution >= 4 is 0 Å². The van der Waals surface area contributed by atoms with Crippen LogP contribution in [0.3, 0.4) is 0 Å². The quantitative estimate of drug-likeness (QED) is 0.890. The van der Waals surface area contributed by atoms with Crippen LogP contribution in [0.1, 0.15) is 72.0 Å². The average molecular weight is 265 g/mol. The van der Waals surface area contributed by atoms with Crippen LogP contribution in [0.2, 0.25) is 0 Å². The molecule has 1 saturated carbocycles. The molecule has 108 valence electrons. The molecule has 0 unspecified atom stereocenters. The molecule has 0 aromatic carbocycles. The third-order valence-electron chi connectivity index (χ3n) is 4.38. The fraction of sp³-hybridized carbons (Fsp3) is 0.867. The zero-order valence-electron chi connectivity index (χ0n) is 12.9. The van der Waals surface area contributed by atoms with E-state index in [4.69, 9.17) is 10.3 Å². The summed E-state index contributed by atoms with van der Waals surface area (Å²) in [6, 6.07) is 0. The molecule has 4 nitrogen and oxygen atoms in total.